The van der Waals surface area contributed by atoms with E-state index in [-0.39, 0.29) is 18.7 Å². The minimum Gasteiger partial charge on any atom is -0.505 e. The van der Waals surface area contributed by atoms with Gasteiger partial charge in [0, 0.05) is 18.7 Å². The molecule has 0 saturated heterocycles. The summed E-state index contributed by atoms with van der Waals surface area (Å²) in [4.78, 5) is 0. The molecular formula is C10H11F4NO. The number of aromatic hydroxyl groups is 1. The Labute approximate surface area is 89.9 Å². The quantitative estimate of drug-likeness (QED) is 0.623. The number of halogens is 4. The first-order valence-corrected chi connectivity index (χ1v) is 4.64. The third kappa shape index (κ3) is 4.06. The topological polar surface area (TPSA) is 32.3 Å². The van der Waals surface area contributed by atoms with Gasteiger partial charge in [0.05, 0.1) is 6.42 Å². The summed E-state index contributed by atoms with van der Waals surface area (Å²) in [5, 5.41) is 11.7. The lowest BCUT2D eigenvalue weighted by atomic mass is 10.2. The Bertz CT molecular complexity index is 351. The molecule has 16 heavy (non-hydrogen) atoms. The first-order chi connectivity index (χ1) is 7.40. The van der Waals surface area contributed by atoms with Crippen LogP contribution in [0.2, 0.25) is 0 Å². The molecule has 0 spiro atoms. The Kier molecular flexibility index (Phi) is 4.12. The minimum atomic E-state index is -4.21. The number of phenols is 1. The van der Waals surface area contributed by atoms with Gasteiger partial charge in [0.15, 0.2) is 11.6 Å². The number of nitrogens with one attached hydrogen (secondary N) is 1. The van der Waals surface area contributed by atoms with E-state index in [0.717, 1.165) is 6.07 Å². The number of para-hydroxylation sites is 1. The van der Waals surface area contributed by atoms with Crippen molar-refractivity contribution in [1.29, 1.82) is 0 Å². The predicted molar refractivity (Wildman–Crippen MR) is 50.4 cm³/mol. The van der Waals surface area contributed by atoms with Crippen LogP contribution in [0.25, 0.3) is 0 Å². The van der Waals surface area contributed by atoms with E-state index < -0.39 is 24.2 Å². The molecule has 0 saturated carbocycles. The highest BCUT2D eigenvalue weighted by Crippen LogP contribution is 2.21. The van der Waals surface area contributed by atoms with E-state index in [9.17, 15) is 22.7 Å². The van der Waals surface area contributed by atoms with Crippen molar-refractivity contribution in [3.63, 3.8) is 0 Å². The second-order valence-corrected chi connectivity index (χ2v) is 3.29. The highest BCUT2D eigenvalue weighted by atomic mass is 19.4. The van der Waals surface area contributed by atoms with Gasteiger partial charge in [-0.3, -0.25) is 0 Å². The van der Waals surface area contributed by atoms with Gasteiger partial charge < -0.3 is 10.4 Å². The SMILES string of the molecule is Oc1c(F)cccc1CNCCC(F)(F)F. The van der Waals surface area contributed by atoms with Gasteiger partial charge in [-0.1, -0.05) is 12.1 Å². The van der Waals surface area contributed by atoms with Crippen LogP contribution in [0.4, 0.5) is 17.6 Å². The Morgan fingerprint density at radius 3 is 2.56 bits per heavy atom. The molecule has 1 rings (SSSR count). The maximum Gasteiger partial charge on any atom is 0.390 e. The fourth-order valence-corrected chi connectivity index (χ4v) is 1.16. The maximum absolute atomic E-state index is 12.8. The van der Waals surface area contributed by atoms with Gasteiger partial charge in [0.25, 0.3) is 0 Å². The maximum atomic E-state index is 12.8. The van der Waals surface area contributed by atoms with E-state index in [1.165, 1.54) is 12.1 Å². The molecule has 6 heteroatoms. The second-order valence-electron chi connectivity index (χ2n) is 3.29. The van der Waals surface area contributed by atoms with Gasteiger partial charge in [-0.25, -0.2) is 4.39 Å². The molecule has 1 aromatic carbocycles. The normalized spacial score (nSPS) is 11.8. The van der Waals surface area contributed by atoms with Gasteiger partial charge in [0.1, 0.15) is 0 Å². The monoisotopic (exact) mass is 237 g/mol. The summed E-state index contributed by atoms with van der Waals surface area (Å²) in [6, 6.07) is 3.91. The van der Waals surface area contributed by atoms with Crippen molar-refractivity contribution in [3.05, 3.63) is 29.6 Å². The molecular weight excluding hydrogens is 226 g/mol. The van der Waals surface area contributed by atoms with Crippen LogP contribution in [-0.2, 0) is 6.54 Å². The van der Waals surface area contributed by atoms with Crippen LogP contribution < -0.4 is 5.32 Å². The van der Waals surface area contributed by atoms with Crippen molar-refractivity contribution >= 4 is 0 Å². The first-order valence-electron chi connectivity index (χ1n) is 4.64. The minimum absolute atomic E-state index is 0.000324. The van der Waals surface area contributed by atoms with E-state index in [4.69, 9.17) is 0 Å². The molecule has 0 aliphatic rings. The van der Waals surface area contributed by atoms with Crippen LogP contribution in [0.5, 0.6) is 5.75 Å². The standard InChI is InChI=1S/C10H11F4NO/c11-8-3-1-2-7(9(8)16)6-15-5-4-10(12,13)14/h1-3,15-16H,4-6H2. The first kappa shape index (κ1) is 12.8. The molecule has 0 atom stereocenters. The predicted octanol–water partition coefficient (Wildman–Crippen LogP) is 2.57. The second kappa shape index (κ2) is 5.16. The summed E-state index contributed by atoms with van der Waals surface area (Å²) in [6.45, 7) is -0.265. The third-order valence-corrected chi connectivity index (χ3v) is 1.97. The zero-order chi connectivity index (χ0) is 12.2. The fourth-order valence-electron chi connectivity index (χ4n) is 1.16. The zero-order valence-electron chi connectivity index (χ0n) is 8.31. The molecule has 0 aliphatic carbocycles. The Morgan fingerprint density at radius 2 is 1.94 bits per heavy atom. The van der Waals surface area contributed by atoms with Crippen LogP contribution in [0.15, 0.2) is 18.2 Å². The van der Waals surface area contributed by atoms with Crippen LogP contribution in [0.1, 0.15) is 12.0 Å². The van der Waals surface area contributed by atoms with Crippen molar-refractivity contribution in [2.24, 2.45) is 0 Å². The van der Waals surface area contributed by atoms with Crippen LogP contribution in [-0.4, -0.2) is 17.8 Å². The number of alkyl halides is 3. The third-order valence-electron chi connectivity index (χ3n) is 1.97. The smallest absolute Gasteiger partial charge is 0.390 e. The lowest BCUT2D eigenvalue weighted by Crippen LogP contribution is -2.21. The van der Waals surface area contributed by atoms with Gasteiger partial charge in [-0.2, -0.15) is 13.2 Å². The largest absolute Gasteiger partial charge is 0.505 e. The summed E-state index contributed by atoms with van der Waals surface area (Å²) < 4.78 is 48.1. The molecule has 0 aliphatic heterocycles. The summed E-state index contributed by atoms with van der Waals surface area (Å²) in [5.41, 5.74) is 0.238. The number of rotatable bonds is 4. The molecule has 90 valence electrons. The molecule has 0 amide bonds. The molecule has 0 bridgehead atoms. The summed E-state index contributed by atoms with van der Waals surface area (Å²) in [5.74, 6) is -1.31. The Morgan fingerprint density at radius 1 is 1.25 bits per heavy atom. The highest BCUT2D eigenvalue weighted by molar-refractivity contribution is 5.33. The van der Waals surface area contributed by atoms with E-state index in [0.29, 0.717) is 0 Å². The van der Waals surface area contributed by atoms with Crippen molar-refractivity contribution in [1.82, 2.24) is 5.32 Å². The van der Waals surface area contributed by atoms with Crippen LogP contribution in [0.3, 0.4) is 0 Å². The number of hydrogen-bond donors (Lipinski definition) is 2. The van der Waals surface area contributed by atoms with Crippen molar-refractivity contribution in [3.8, 4) is 5.75 Å². The summed E-state index contributed by atoms with van der Waals surface area (Å²) in [7, 11) is 0. The fraction of sp³-hybridized carbons (Fsp3) is 0.400. The lowest BCUT2D eigenvalue weighted by Gasteiger charge is -2.09. The average molecular weight is 237 g/mol. The summed E-state index contributed by atoms with van der Waals surface area (Å²) in [6.07, 6.45) is -5.17. The molecule has 0 radical (unpaired) electrons. The summed E-state index contributed by atoms with van der Waals surface area (Å²) >= 11 is 0. The molecule has 1 aromatic rings. The van der Waals surface area contributed by atoms with Crippen molar-refractivity contribution in [2.45, 2.75) is 19.1 Å². The molecule has 0 fully saturated rings. The molecule has 2 N–H and O–H groups in total. The Hall–Kier alpha value is -1.30. The van der Waals surface area contributed by atoms with Crippen molar-refractivity contribution < 1.29 is 22.7 Å². The highest BCUT2D eigenvalue weighted by Gasteiger charge is 2.25. The average Bonchev–Trinajstić information content (AvgIpc) is 2.17. The van der Waals surface area contributed by atoms with E-state index in [1.54, 1.807) is 0 Å². The van der Waals surface area contributed by atoms with Crippen LogP contribution in [0, 0.1) is 5.82 Å². The van der Waals surface area contributed by atoms with Gasteiger partial charge in [-0.05, 0) is 6.07 Å². The van der Waals surface area contributed by atoms with Gasteiger partial charge in [0.2, 0.25) is 0 Å². The molecule has 2 nitrogen and oxygen atoms in total. The van der Waals surface area contributed by atoms with E-state index in [1.807, 2.05) is 0 Å². The van der Waals surface area contributed by atoms with Crippen molar-refractivity contribution in [2.75, 3.05) is 6.54 Å². The zero-order valence-corrected chi connectivity index (χ0v) is 8.31. The molecule has 0 aromatic heterocycles. The Balaban J connectivity index is 2.41. The van der Waals surface area contributed by atoms with Crippen LogP contribution >= 0.6 is 0 Å². The number of phenolic OH excluding ortho intramolecular Hbond substituents is 1. The van der Waals surface area contributed by atoms with E-state index in [2.05, 4.69) is 5.32 Å². The van der Waals surface area contributed by atoms with E-state index >= 15 is 0 Å². The molecule has 0 heterocycles. The number of benzene rings is 1. The number of hydrogen-bond acceptors (Lipinski definition) is 2. The molecule has 0 unspecified atom stereocenters. The van der Waals surface area contributed by atoms with Gasteiger partial charge in [-0.15, -0.1) is 0 Å². The lowest BCUT2D eigenvalue weighted by molar-refractivity contribution is -0.133. The van der Waals surface area contributed by atoms with Gasteiger partial charge >= 0.3 is 6.18 Å².